The molecule has 0 aromatic carbocycles. The van der Waals surface area contributed by atoms with Gasteiger partial charge in [0.2, 0.25) is 23.6 Å². The standard InChI is InChI=1S/C14H26N2O2.C14H28N2O2.2C13H26N2O2.C12H24N2O2.C11H20F2N2O2.2C11H22N2O2.C10H20N2O2/c1-11(2)15-7-8-16(14(10-15)5-6-14)12(17)9-13(3,4)18;1-11(2)10-12(17)13(18)15-6-8-16(9-7-15)14(3,4)5;1-10(2)11(16)12(17)14-6-8-15(9-7-14)13(3,4)5;1-5-13(4,17)10-12(16)15-8-6-14(7-9-15)11(2)3;1-10(2)13-5-7-14(8-6-13)11(15)9-12(3,4)16;1-8(2)14-4-6-15(7-5-14)10(17)9(16)11(3,12)13;1-9(2)12-5-7-13(8-6-12)10(14)11(3,4)15;1-9(2)12-4-6-13(7-5-12)11(15)8-10(3)14;1-8(2)11-4-6-12(7-5-11)10(14)9(3)13/h11,18H,5-10H2,1-4H3;11-12,17H,6-10H2,1-5H3;10-11,16H,6-9H2,1-5H3;11,17H,5-10H2,1-4H3;10,16H,5-9H2,1-4H3;8-9,16H,4-7H2,1-3H3;9,15H,5-8H2,1-4H3;9-10,14H,4-8H2,1-3H3;8-9,13H,4-7H2,1-3H3. The Bertz CT molecular complexity index is 3790. The molecule has 9 aliphatic heterocycles. The summed E-state index contributed by atoms with van der Waals surface area (Å²) in [6.45, 7) is 96.6. The van der Waals surface area contributed by atoms with E-state index in [2.05, 4.69) is 169 Å². The zero-order chi connectivity index (χ0) is 113. The van der Waals surface area contributed by atoms with Gasteiger partial charge in [-0.05, 0) is 238 Å². The zero-order valence-corrected chi connectivity index (χ0v) is 98.5. The number of aliphatic hydroxyl groups excluding tert-OH is 5. The summed E-state index contributed by atoms with van der Waals surface area (Å²) < 4.78 is 25.6. The normalized spacial score (nSPS) is 21.0. The fourth-order valence-corrected chi connectivity index (χ4v) is 18.6. The lowest BCUT2D eigenvalue weighted by molar-refractivity contribution is -0.162. The molecule has 9 saturated heterocycles. The van der Waals surface area contributed by atoms with E-state index in [9.17, 15) is 87.7 Å². The van der Waals surface area contributed by atoms with Crippen molar-refractivity contribution in [3.05, 3.63) is 0 Å². The maximum atomic E-state index is 12.8. The van der Waals surface area contributed by atoms with Crippen molar-refractivity contribution in [1.29, 1.82) is 0 Å². The molecule has 10 fully saturated rings. The third-order valence-electron chi connectivity index (χ3n) is 29.2. The van der Waals surface area contributed by atoms with Crippen molar-refractivity contribution in [3.63, 3.8) is 0 Å². The van der Waals surface area contributed by atoms with Gasteiger partial charge >= 0.3 is 0 Å². The van der Waals surface area contributed by atoms with Crippen molar-refractivity contribution in [1.82, 2.24) is 88.2 Å². The summed E-state index contributed by atoms with van der Waals surface area (Å²) >= 11 is 0. The number of carbonyl (C=O) groups excluding carboxylic acids is 9. The Morgan fingerprint density at radius 2 is 0.585 bits per heavy atom. The highest BCUT2D eigenvalue weighted by atomic mass is 19.3. The highest BCUT2D eigenvalue weighted by Gasteiger charge is 2.54. The van der Waals surface area contributed by atoms with E-state index in [1.807, 2.05) is 68.1 Å². The van der Waals surface area contributed by atoms with E-state index in [1.165, 1.54) is 11.8 Å². The van der Waals surface area contributed by atoms with Gasteiger partial charge in [-0.25, -0.2) is 8.78 Å². The van der Waals surface area contributed by atoms with Gasteiger partial charge in [-0.2, -0.15) is 0 Å². The first kappa shape index (κ1) is 137. The number of rotatable bonds is 25. The van der Waals surface area contributed by atoms with Crippen LogP contribution in [0.15, 0.2) is 0 Å². The number of carbonyl (C=O) groups is 9. The molecule has 6 atom stereocenters. The predicted octanol–water partition coefficient (Wildman–Crippen LogP) is 6.40. The molecule has 147 heavy (non-hydrogen) atoms. The Balaban J connectivity index is 0.000000559. The summed E-state index contributed by atoms with van der Waals surface area (Å²) in [6.07, 6.45) is -0.945. The maximum Gasteiger partial charge on any atom is 0.279 e. The molecular weight excluding hydrogens is 1890 g/mol. The molecule has 1 saturated carbocycles. The van der Waals surface area contributed by atoms with Gasteiger partial charge in [0, 0.05) is 289 Å². The summed E-state index contributed by atoms with van der Waals surface area (Å²) in [5, 5.41) is 86.0. The average Bonchev–Trinajstić information content (AvgIpc) is 1.59. The van der Waals surface area contributed by atoms with Crippen LogP contribution in [0.1, 0.15) is 294 Å². The molecule has 10 aliphatic rings. The molecule has 862 valence electrons. The molecule has 0 aromatic rings. The van der Waals surface area contributed by atoms with Crippen LogP contribution in [-0.4, -0.2) is 534 Å². The summed E-state index contributed by atoms with van der Waals surface area (Å²) in [5.74, 6) is -4.10. The number of halogens is 2. The molecule has 0 bridgehead atoms. The minimum Gasteiger partial charge on any atom is -0.393 e. The second kappa shape index (κ2) is 62.8. The molecule has 0 radical (unpaired) electrons. The van der Waals surface area contributed by atoms with E-state index in [-0.39, 0.29) is 95.5 Å². The second-order valence-electron chi connectivity index (χ2n) is 49.2. The fraction of sp³-hybridized carbons (Fsp3) is 0.917. The first-order chi connectivity index (χ1) is 67.4. The van der Waals surface area contributed by atoms with Crippen LogP contribution in [0.2, 0.25) is 0 Å². The van der Waals surface area contributed by atoms with Gasteiger partial charge in [0.1, 0.15) is 23.9 Å². The van der Waals surface area contributed by atoms with E-state index in [4.69, 9.17) is 10.2 Å². The smallest absolute Gasteiger partial charge is 0.279 e. The van der Waals surface area contributed by atoms with E-state index in [0.29, 0.717) is 94.2 Å². The summed E-state index contributed by atoms with van der Waals surface area (Å²) in [7, 11) is 0. The molecular formula is C109H214F2N18O18. The Hall–Kier alpha value is -5.63. The van der Waals surface area contributed by atoms with Crippen LogP contribution in [0, 0.1) is 11.8 Å². The first-order valence-corrected chi connectivity index (χ1v) is 55.4. The lowest BCUT2D eigenvalue weighted by Crippen LogP contribution is -2.59. The molecule has 10 rings (SSSR count). The van der Waals surface area contributed by atoms with Crippen molar-refractivity contribution in [2.45, 2.75) is 411 Å². The molecule has 9 heterocycles. The van der Waals surface area contributed by atoms with Crippen LogP contribution in [0.5, 0.6) is 0 Å². The van der Waals surface area contributed by atoms with E-state index in [0.717, 1.165) is 216 Å². The largest absolute Gasteiger partial charge is 0.393 e. The Kier molecular flexibility index (Phi) is 58.7. The zero-order valence-electron chi connectivity index (χ0n) is 98.5. The first-order valence-electron chi connectivity index (χ1n) is 55.4. The van der Waals surface area contributed by atoms with E-state index < -0.39 is 64.8 Å². The van der Waals surface area contributed by atoms with Crippen LogP contribution in [-0.2, 0) is 43.2 Å². The third-order valence-corrected chi connectivity index (χ3v) is 29.2. The minimum atomic E-state index is -3.38. The number of hydrogen-bond donors (Lipinski definition) is 9. The molecule has 36 nitrogen and oxygen atoms in total. The van der Waals surface area contributed by atoms with Crippen molar-refractivity contribution in [2.75, 3.05) is 229 Å². The quantitative estimate of drug-likeness (QED) is 0.0477. The SMILES string of the molecule is CC(C)C(O)C(=O)N1CCN(C(C)(C)C)CC1.CC(C)CC(O)C(=O)N1CCN(C(C)(C)C)CC1.CC(C)N1CCN(C(=O)C(C)(C)O)CC1.CC(C)N1CCN(C(=O)C(O)C(C)(F)F)CC1.CC(C)N1CCN(C(=O)CC(C)(C)O)C2(CC2)C1.CC(C)N1CCN(C(=O)CC(C)(C)O)CC1.CC(O)C(=O)N1CCN(C(C)C)CC1.CC(O)CC(=O)N1CCN(C(C)C)CC1.CCC(C)(O)CC(=O)N1CCN(C(C)C)CC1. The van der Waals surface area contributed by atoms with Gasteiger partial charge < -0.3 is 90.1 Å². The number of hydrogen-bond acceptors (Lipinski definition) is 27. The van der Waals surface area contributed by atoms with Gasteiger partial charge in [-0.3, -0.25) is 87.3 Å². The molecule has 38 heteroatoms. The number of amides is 9. The maximum absolute atomic E-state index is 12.8. The van der Waals surface area contributed by atoms with Gasteiger partial charge in [-0.15, -0.1) is 0 Å². The lowest BCUT2D eigenvalue weighted by atomic mass is 9.98. The molecule has 0 aromatic heterocycles. The minimum absolute atomic E-state index is 0.0110. The Labute approximate surface area is 887 Å². The van der Waals surface area contributed by atoms with Crippen molar-refractivity contribution >= 4 is 53.2 Å². The fourth-order valence-electron chi connectivity index (χ4n) is 18.6. The van der Waals surface area contributed by atoms with Crippen LogP contribution >= 0.6 is 0 Å². The summed E-state index contributed by atoms with van der Waals surface area (Å²) in [6, 6.07) is 3.65. The molecule has 6 unspecified atom stereocenters. The highest BCUT2D eigenvalue weighted by molar-refractivity contribution is 5.85. The lowest BCUT2D eigenvalue weighted by Gasteiger charge is -2.44. The number of alkyl halides is 2. The van der Waals surface area contributed by atoms with Crippen LogP contribution in [0.4, 0.5) is 8.78 Å². The molecule has 1 aliphatic carbocycles. The Morgan fingerprint density at radius 1 is 0.313 bits per heavy atom. The third kappa shape index (κ3) is 51.1. The molecule has 9 amide bonds. The van der Waals surface area contributed by atoms with Crippen LogP contribution in [0.3, 0.4) is 0 Å². The van der Waals surface area contributed by atoms with Gasteiger partial charge in [-0.1, -0.05) is 34.6 Å². The van der Waals surface area contributed by atoms with Crippen LogP contribution in [0.25, 0.3) is 0 Å². The van der Waals surface area contributed by atoms with Crippen molar-refractivity contribution < 1.29 is 97.9 Å². The van der Waals surface area contributed by atoms with E-state index in [1.54, 1.807) is 75.0 Å². The van der Waals surface area contributed by atoms with Crippen molar-refractivity contribution in [2.24, 2.45) is 11.8 Å². The second-order valence-corrected chi connectivity index (χ2v) is 49.2. The molecule has 1 spiro atoms. The number of piperazine rings is 9. The van der Waals surface area contributed by atoms with Gasteiger partial charge in [0.25, 0.3) is 35.5 Å². The molecule has 9 N–H and O–H groups in total. The predicted molar refractivity (Wildman–Crippen MR) is 581 cm³/mol. The number of nitrogens with zero attached hydrogens (tertiary/aromatic N) is 18. The number of aliphatic hydroxyl groups is 9. The van der Waals surface area contributed by atoms with E-state index >= 15 is 0 Å². The average molecular weight is 2100 g/mol. The van der Waals surface area contributed by atoms with Crippen molar-refractivity contribution in [3.8, 4) is 0 Å². The van der Waals surface area contributed by atoms with Crippen LogP contribution < -0.4 is 0 Å². The summed E-state index contributed by atoms with van der Waals surface area (Å²) in [4.78, 5) is 144. The highest BCUT2D eigenvalue weighted by Crippen LogP contribution is 2.45. The monoisotopic (exact) mass is 2100 g/mol. The summed E-state index contributed by atoms with van der Waals surface area (Å²) in [5.41, 5.74) is -3.48. The topological polar surface area (TPSA) is 394 Å². The van der Waals surface area contributed by atoms with Gasteiger partial charge in [0.05, 0.1) is 54.1 Å². The Morgan fingerprint density at radius 3 is 0.850 bits per heavy atom. The van der Waals surface area contributed by atoms with Gasteiger partial charge in [0.15, 0.2) is 6.10 Å².